The van der Waals surface area contributed by atoms with Gasteiger partial charge in [0.1, 0.15) is 5.82 Å². The summed E-state index contributed by atoms with van der Waals surface area (Å²) in [4.78, 5) is 23.3. The second kappa shape index (κ2) is 7.05. The molecule has 1 aliphatic rings. The topological polar surface area (TPSA) is 66.4 Å². The van der Waals surface area contributed by atoms with Crippen molar-refractivity contribution in [1.82, 2.24) is 5.32 Å². The summed E-state index contributed by atoms with van der Waals surface area (Å²) in [6, 6.07) is 13.2. The Labute approximate surface area is 145 Å². The van der Waals surface area contributed by atoms with Gasteiger partial charge in [-0.1, -0.05) is 30.3 Å². The van der Waals surface area contributed by atoms with Crippen LogP contribution >= 0.6 is 0 Å². The maximum Gasteiger partial charge on any atom is 0.335 e. The molecular weight excluding hydrogens is 321 g/mol. The highest BCUT2D eigenvalue weighted by atomic mass is 19.1. The molecule has 0 saturated heterocycles. The predicted octanol–water partition coefficient (Wildman–Crippen LogP) is 3.21. The molecule has 3 rings (SSSR count). The van der Waals surface area contributed by atoms with Gasteiger partial charge in [-0.15, -0.1) is 0 Å². The minimum absolute atomic E-state index is 0.0297. The Morgan fingerprint density at radius 3 is 2.36 bits per heavy atom. The fourth-order valence-corrected chi connectivity index (χ4v) is 2.96. The molecule has 1 fully saturated rings. The van der Waals surface area contributed by atoms with Crippen LogP contribution in [0.5, 0.6) is 0 Å². The van der Waals surface area contributed by atoms with Crippen LogP contribution in [0.4, 0.5) is 4.39 Å². The van der Waals surface area contributed by atoms with E-state index in [1.807, 2.05) is 0 Å². The van der Waals surface area contributed by atoms with Crippen molar-refractivity contribution in [3.63, 3.8) is 0 Å². The molecule has 1 saturated carbocycles. The lowest BCUT2D eigenvalue weighted by Crippen LogP contribution is -2.34. The van der Waals surface area contributed by atoms with E-state index in [1.165, 1.54) is 6.07 Å². The van der Waals surface area contributed by atoms with Gasteiger partial charge in [0.2, 0.25) is 5.91 Å². The lowest BCUT2D eigenvalue weighted by atomic mass is 9.95. The summed E-state index contributed by atoms with van der Waals surface area (Å²) in [6.45, 7) is 0.476. The minimum Gasteiger partial charge on any atom is -0.478 e. The van der Waals surface area contributed by atoms with E-state index in [4.69, 9.17) is 5.11 Å². The van der Waals surface area contributed by atoms with Crippen LogP contribution < -0.4 is 5.32 Å². The normalized spacial score (nSPS) is 14.8. The van der Waals surface area contributed by atoms with E-state index in [0.29, 0.717) is 24.9 Å². The van der Waals surface area contributed by atoms with Crippen LogP contribution in [0.3, 0.4) is 0 Å². The first-order valence-electron chi connectivity index (χ1n) is 8.34. The highest BCUT2D eigenvalue weighted by Crippen LogP contribution is 2.48. The average Bonchev–Trinajstić information content (AvgIpc) is 3.38. The van der Waals surface area contributed by atoms with E-state index in [2.05, 4.69) is 5.32 Å². The Kier molecular flexibility index (Phi) is 4.83. The summed E-state index contributed by atoms with van der Waals surface area (Å²) in [5.41, 5.74) is 1.31. The van der Waals surface area contributed by atoms with Crippen molar-refractivity contribution >= 4 is 11.9 Å². The number of carbonyl (C=O) groups excluding carboxylic acids is 1. The van der Waals surface area contributed by atoms with E-state index in [1.54, 1.807) is 42.5 Å². The SMILES string of the molecule is O=C(O)c1ccc(CCNC(=O)C2(Cc3ccccc3F)CC2)cc1. The zero-order valence-electron chi connectivity index (χ0n) is 13.8. The second-order valence-electron chi connectivity index (χ2n) is 6.56. The quantitative estimate of drug-likeness (QED) is 0.813. The van der Waals surface area contributed by atoms with Crippen molar-refractivity contribution in [2.75, 3.05) is 6.54 Å². The average molecular weight is 341 g/mol. The van der Waals surface area contributed by atoms with E-state index >= 15 is 0 Å². The molecule has 0 aromatic heterocycles. The zero-order chi connectivity index (χ0) is 17.9. The van der Waals surface area contributed by atoms with Crippen molar-refractivity contribution in [2.45, 2.75) is 25.7 Å². The Morgan fingerprint density at radius 1 is 1.08 bits per heavy atom. The first kappa shape index (κ1) is 17.1. The predicted molar refractivity (Wildman–Crippen MR) is 91.9 cm³/mol. The fourth-order valence-electron chi connectivity index (χ4n) is 2.96. The van der Waals surface area contributed by atoms with Gasteiger partial charge in [-0.3, -0.25) is 4.79 Å². The van der Waals surface area contributed by atoms with Crippen molar-refractivity contribution in [3.05, 3.63) is 71.0 Å². The minimum atomic E-state index is -0.955. The first-order chi connectivity index (χ1) is 12.0. The number of amides is 1. The third-order valence-electron chi connectivity index (χ3n) is 4.72. The number of hydrogen-bond acceptors (Lipinski definition) is 2. The smallest absolute Gasteiger partial charge is 0.335 e. The molecule has 0 heterocycles. The van der Waals surface area contributed by atoms with Crippen LogP contribution in [-0.4, -0.2) is 23.5 Å². The van der Waals surface area contributed by atoms with Crippen LogP contribution in [0.25, 0.3) is 0 Å². The van der Waals surface area contributed by atoms with Crippen LogP contribution in [0.15, 0.2) is 48.5 Å². The van der Waals surface area contributed by atoms with E-state index in [0.717, 1.165) is 18.4 Å². The van der Waals surface area contributed by atoms with Gasteiger partial charge in [-0.2, -0.15) is 0 Å². The van der Waals surface area contributed by atoms with Gasteiger partial charge in [0.25, 0.3) is 0 Å². The number of carboxylic acid groups (broad SMARTS) is 1. The number of carboxylic acids is 1. The third kappa shape index (κ3) is 4.05. The molecule has 0 radical (unpaired) electrons. The summed E-state index contributed by atoms with van der Waals surface area (Å²) >= 11 is 0. The van der Waals surface area contributed by atoms with Crippen molar-refractivity contribution in [1.29, 1.82) is 0 Å². The summed E-state index contributed by atoms with van der Waals surface area (Å²) < 4.78 is 13.8. The number of rotatable bonds is 7. The lowest BCUT2D eigenvalue weighted by Gasteiger charge is -2.16. The second-order valence-corrected chi connectivity index (χ2v) is 6.56. The number of halogens is 1. The molecule has 4 nitrogen and oxygen atoms in total. The molecule has 0 aliphatic heterocycles. The van der Waals surface area contributed by atoms with Gasteiger partial charge >= 0.3 is 5.97 Å². The third-order valence-corrected chi connectivity index (χ3v) is 4.72. The molecule has 2 N–H and O–H groups in total. The van der Waals surface area contributed by atoms with Crippen LogP contribution in [-0.2, 0) is 17.6 Å². The first-order valence-corrected chi connectivity index (χ1v) is 8.34. The number of benzene rings is 2. The molecule has 0 unspecified atom stereocenters. The Balaban J connectivity index is 1.52. The number of aromatic carboxylic acids is 1. The number of carbonyl (C=O) groups is 2. The highest BCUT2D eigenvalue weighted by molar-refractivity contribution is 5.87. The molecule has 2 aromatic rings. The fraction of sp³-hybridized carbons (Fsp3) is 0.300. The van der Waals surface area contributed by atoms with E-state index < -0.39 is 11.4 Å². The Morgan fingerprint density at radius 2 is 1.76 bits per heavy atom. The van der Waals surface area contributed by atoms with Gasteiger partial charge in [0, 0.05) is 6.54 Å². The molecule has 1 amide bonds. The van der Waals surface area contributed by atoms with Crippen LogP contribution in [0.2, 0.25) is 0 Å². The molecule has 130 valence electrons. The van der Waals surface area contributed by atoms with Crippen LogP contribution in [0.1, 0.15) is 34.3 Å². The summed E-state index contributed by atoms with van der Waals surface area (Å²) in [6.07, 6.45) is 2.61. The summed E-state index contributed by atoms with van der Waals surface area (Å²) in [5, 5.41) is 11.8. The number of nitrogens with one attached hydrogen (secondary N) is 1. The maximum atomic E-state index is 13.8. The monoisotopic (exact) mass is 341 g/mol. The molecule has 5 heteroatoms. The highest BCUT2D eigenvalue weighted by Gasteiger charge is 2.49. The Bertz CT molecular complexity index is 782. The molecule has 0 spiro atoms. The van der Waals surface area contributed by atoms with Gasteiger partial charge in [-0.25, -0.2) is 9.18 Å². The Hall–Kier alpha value is -2.69. The van der Waals surface area contributed by atoms with Crippen molar-refractivity contribution in [3.8, 4) is 0 Å². The zero-order valence-corrected chi connectivity index (χ0v) is 13.8. The van der Waals surface area contributed by atoms with E-state index in [9.17, 15) is 14.0 Å². The number of hydrogen-bond donors (Lipinski definition) is 2. The van der Waals surface area contributed by atoms with Crippen LogP contribution in [0, 0.1) is 11.2 Å². The standard InChI is InChI=1S/C20H20FNO3/c21-17-4-2-1-3-16(17)13-20(10-11-20)19(25)22-12-9-14-5-7-15(8-6-14)18(23)24/h1-8H,9-13H2,(H,22,25)(H,23,24). The summed E-state index contributed by atoms with van der Waals surface area (Å²) in [5.74, 6) is -1.25. The molecular formula is C20H20FNO3. The van der Waals surface area contributed by atoms with Gasteiger partial charge in [0.15, 0.2) is 0 Å². The van der Waals surface area contributed by atoms with Crippen molar-refractivity contribution < 1.29 is 19.1 Å². The van der Waals surface area contributed by atoms with E-state index in [-0.39, 0.29) is 17.3 Å². The van der Waals surface area contributed by atoms with Gasteiger partial charge in [-0.05, 0) is 55.0 Å². The molecule has 25 heavy (non-hydrogen) atoms. The summed E-state index contributed by atoms with van der Waals surface area (Å²) in [7, 11) is 0. The molecule has 0 bridgehead atoms. The maximum absolute atomic E-state index is 13.8. The molecule has 0 atom stereocenters. The molecule has 2 aromatic carbocycles. The van der Waals surface area contributed by atoms with Crippen molar-refractivity contribution in [2.24, 2.45) is 5.41 Å². The van der Waals surface area contributed by atoms with Gasteiger partial charge in [0.05, 0.1) is 11.0 Å². The largest absolute Gasteiger partial charge is 0.478 e. The lowest BCUT2D eigenvalue weighted by molar-refractivity contribution is -0.126. The van der Waals surface area contributed by atoms with Gasteiger partial charge < -0.3 is 10.4 Å². The molecule has 1 aliphatic carbocycles.